The van der Waals surface area contributed by atoms with Gasteiger partial charge in [0.25, 0.3) is 0 Å². The van der Waals surface area contributed by atoms with Gasteiger partial charge in [-0.05, 0) is 59.7 Å². The summed E-state index contributed by atoms with van der Waals surface area (Å²) in [5.41, 5.74) is 1.85. The van der Waals surface area contributed by atoms with E-state index in [1.807, 2.05) is 0 Å². The van der Waals surface area contributed by atoms with Crippen molar-refractivity contribution in [1.82, 2.24) is 0 Å². The summed E-state index contributed by atoms with van der Waals surface area (Å²) in [5, 5.41) is 0. The van der Waals surface area contributed by atoms with Gasteiger partial charge in [0.15, 0.2) is 28.8 Å². The van der Waals surface area contributed by atoms with E-state index in [4.69, 9.17) is 18.9 Å². The molecule has 0 saturated heterocycles. The number of halogens is 2. The lowest BCUT2D eigenvalue weighted by atomic mass is 10.1. The van der Waals surface area contributed by atoms with E-state index in [1.54, 1.807) is 30.4 Å². The number of hydrogen-bond donors (Lipinski definition) is 0. The second kappa shape index (κ2) is 11.8. The third kappa shape index (κ3) is 6.23. The molecule has 6 nitrogen and oxygen atoms in total. The normalized spacial score (nSPS) is 11.1. The molecule has 182 valence electrons. The predicted octanol–water partition coefficient (Wildman–Crippen LogP) is 6.14. The average Bonchev–Trinajstić information content (AvgIpc) is 2.86. The molecule has 35 heavy (non-hydrogen) atoms. The molecule has 0 aliphatic rings. The van der Waals surface area contributed by atoms with Gasteiger partial charge in [0.1, 0.15) is 11.5 Å². The quantitative estimate of drug-likeness (QED) is 0.198. The molecule has 0 aromatic heterocycles. The Morgan fingerprint density at radius 2 is 1.37 bits per heavy atom. The average molecular weight is 481 g/mol. The monoisotopic (exact) mass is 481 g/mol. The van der Waals surface area contributed by atoms with E-state index in [0.29, 0.717) is 28.4 Å². The van der Waals surface area contributed by atoms with Crippen molar-refractivity contribution in [3.05, 3.63) is 76.9 Å². The third-order valence-electron chi connectivity index (χ3n) is 5.08. The van der Waals surface area contributed by atoms with Gasteiger partial charge >= 0.3 is 0 Å². The summed E-state index contributed by atoms with van der Waals surface area (Å²) in [6, 6.07) is 11.7. The Kier molecular flexibility index (Phi) is 8.56. The fraction of sp³-hybridized carbons (Fsp3) is 0.185. The highest BCUT2D eigenvalue weighted by Gasteiger charge is 2.13. The number of carbonyl (C=O) groups excluding carboxylic acids is 1. The zero-order chi connectivity index (χ0) is 25.4. The minimum atomic E-state index is -0.600. The van der Waals surface area contributed by atoms with Crippen LogP contribution in [0.1, 0.15) is 27.9 Å². The van der Waals surface area contributed by atoms with Gasteiger partial charge in [-0.2, -0.15) is 0 Å². The Balaban J connectivity index is 1.85. The Morgan fingerprint density at radius 1 is 0.800 bits per heavy atom. The number of aliphatic imine (C=N–C) groups is 1. The van der Waals surface area contributed by atoms with Gasteiger partial charge in [-0.25, -0.2) is 8.78 Å². The summed E-state index contributed by atoms with van der Waals surface area (Å²) in [6.45, 7) is 0. The second-order valence-corrected chi connectivity index (χ2v) is 7.29. The SMILES string of the molecule is COc1cc(/C=C\c2cc(F)c(OC)c(N=CCC(=O)c3ccc(F)cc3)c2)cc(OC)c1OC. The summed E-state index contributed by atoms with van der Waals surface area (Å²) in [7, 11) is 5.90. The zero-order valence-electron chi connectivity index (χ0n) is 19.8. The van der Waals surface area contributed by atoms with E-state index in [1.165, 1.54) is 65.0 Å². The lowest BCUT2D eigenvalue weighted by Gasteiger charge is -2.13. The fourth-order valence-electron chi connectivity index (χ4n) is 3.36. The summed E-state index contributed by atoms with van der Waals surface area (Å²) >= 11 is 0. The molecule has 0 radical (unpaired) electrons. The van der Waals surface area contributed by atoms with Crippen LogP contribution >= 0.6 is 0 Å². The standard InChI is InChI=1S/C27H25F2NO5/c1-32-24-15-18(16-25(33-2)27(24)35-4)6-5-17-13-21(29)26(34-3)22(14-17)30-12-11-23(31)19-7-9-20(28)10-8-19/h5-10,12-16H,11H2,1-4H3/b6-5-,30-12?. The summed E-state index contributed by atoms with van der Waals surface area (Å²) in [4.78, 5) is 16.5. The molecular formula is C27H25F2NO5. The fourth-order valence-corrected chi connectivity index (χ4v) is 3.36. The van der Waals surface area contributed by atoms with Gasteiger partial charge in [-0.15, -0.1) is 0 Å². The van der Waals surface area contributed by atoms with Crippen LogP contribution < -0.4 is 18.9 Å². The summed E-state index contributed by atoms with van der Waals surface area (Å²) in [5.74, 6) is 0.136. The van der Waals surface area contributed by atoms with E-state index in [-0.39, 0.29) is 23.6 Å². The van der Waals surface area contributed by atoms with E-state index >= 15 is 0 Å². The first-order valence-corrected chi connectivity index (χ1v) is 10.6. The number of benzene rings is 3. The molecule has 0 heterocycles. The number of rotatable bonds is 10. The van der Waals surface area contributed by atoms with Crippen molar-refractivity contribution in [2.24, 2.45) is 4.99 Å². The molecule has 8 heteroatoms. The zero-order valence-corrected chi connectivity index (χ0v) is 19.8. The first-order chi connectivity index (χ1) is 16.9. The smallest absolute Gasteiger partial charge is 0.203 e. The molecule has 0 spiro atoms. The largest absolute Gasteiger partial charge is 0.493 e. The van der Waals surface area contributed by atoms with Crippen LogP contribution in [0.3, 0.4) is 0 Å². The first-order valence-electron chi connectivity index (χ1n) is 10.6. The number of Topliss-reactive ketones (excluding diaryl/α,β-unsaturated/α-hetero) is 1. The van der Waals surface area contributed by atoms with Crippen molar-refractivity contribution in [3.8, 4) is 23.0 Å². The van der Waals surface area contributed by atoms with E-state index < -0.39 is 11.6 Å². The third-order valence-corrected chi connectivity index (χ3v) is 5.08. The number of ether oxygens (including phenoxy) is 4. The van der Waals surface area contributed by atoms with Crippen molar-refractivity contribution in [3.63, 3.8) is 0 Å². The molecule has 3 aromatic carbocycles. The van der Waals surface area contributed by atoms with Crippen molar-refractivity contribution in [2.45, 2.75) is 6.42 Å². The van der Waals surface area contributed by atoms with E-state index in [2.05, 4.69) is 4.99 Å². The lowest BCUT2D eigenvalue weighted by Crippen LogP contribution is -1.99. The second-order valence-electron chi connectivity index (χ2n) is 7.29. The minimum Gasteiger partial charge on any atom is -0.493 e. The number of hydrogen-bond acceptors (Lipinski definition) is 6. The predicted molar refractivity (Wildman–Crippen MR) is 131 cm³/mol. The molecule has 0 aliphatic carbocycles. The highest BCUT2D eigenvalue weighted by atomic mass is 19.1. The van der Waals surface area contributed by atoms with Gasteiger partial charge in [-0.1, -0.05) is 12.2 Å². The molecule has 0 unspecified atom stereocenters. The highest BCUT2D eigenvalue weighted by Crippen LogP contribution is 2.39. The van der Waals surface area contributed by atoms with Crippen molar-refractivity contribution < 1.29 is 32.5 Å². The maximum atomic E-state index is 14.7. The van der Waals surface area contributed by atoms with Crippen LogP contribution in [0.4, 0.5) is 14.5 Å². The van der Waals surface area contributed by atoms with Gasteiger partial charge in [-0.3, -0.25) is 9.79 Å². The number of nitrogens with zero attached hydrogens (tertiary/aromatic N) is 1. The molecule has 0 amide bonds. The number of ketones is 1. The van der Waals surface area contributed by atoms with Gasteiger partial charge in [0.05, 0.1) is 28.4 Å². The van der Waals surface area contributed by atoms with Crippen LogP contribution in [0.5, 0.6) is 23.0 Å². The molecule has 0 fully saturated rings. The van der Waals surface area contributed by atoms with Crippen LogP contribution in [0.25, 0.3) is 12.2 Å². The molecule has 0 N–H and O–H groups in total. The molecule has 3 rings (SSSR count). The first kappa shape index (κ1) is 25.4. The van der Waals surface area contributed by atoms with Gasteiger partial charge in [0.2, 0.25) is 5.75 Å². The van der Waals surface area contributed by atoms with Gasteiger partial charge in [0, 0.05) is 18.2 Å². The van der Waals surface area contributed by atoms with Crippen molar-refractivity contribution >= 4 is 29.8 Å². The maximum absolute atomic E-state index is 14.7. The molecule has 3 aromatic rings. The Morgan fingerprint density at radius 3 is 1.91 bits per heavy atom. The topological polar surface area (TPSA) is 66.4 Å². The molecule has 0 bridgehead atoms. The lowest BCUT2D eigenvalue weighted by molar-refractivity contribution is 0.100. The molecular weight excluding hydrogens is 456 g/mol. The van der Waals surface area contributed by atoms with E-state index in [9.17, 15) is 13.6 Å². The summed E-state index contributed by atoms with van der Waals surface area (Å²) < 4.78 is 48.9. The van der Waals surface area contributed by atoms with Crippen LogP contribution in [-0.4, -0.2) is 40.4 Å². The minimum absolute atomic E-state index is 0.0398. The van der Waals surface area contributed by atoms with Crippen LogP contribution in [-0.2, 0) is 0 Å². The molecule has 0 saturated carbocycles. The Hall–Kier alpha value is -4.20. The van der Waals surface area contributed by atoms with Gasteiger partial charge < -0.3 is 18.9 Å². The number of carbonyl (C=O) groups is 1. The highest BCUT2D eigenvalue weighted by molar-refractivity contribution is 6.03. The van der Waals surface area contributed by atoms with Crippen molar-refractivity contribution in [1.29, 1.82) is 0 Å². The molecule has 0 aliphatic heterocycles. The molecule has 0 atom stereocenters. The van der Waals surface area contributed by atoms with Crippen LogP contribution in [0.2, 0.25) is 0 Å². The van der Waals surface area contributed by atoms with Crippen LogP contribution in [0.15, 0.2) is 53.5 Å². The Bertz CT molecular complexity index is 1230. The Labute approximate surface area is 202 Å². The van der Waals surface area contributed by atoms with Crippen molar-refractivity contribution in [2.75, 3.05) is 28.4 Å². The number of methoxy groups -OCH3 is 4. The summed E-state index contributed by atoms with van der Waals surface area (Å²) in [6.07, 6.45) is 4.79. The van der Waals surface area contributed by atoms with E-state index in [0.717, 1.165) is 5.56 Å². The van der Waals surface area contributed by atoms with Crippen LogP contribution in [0, 0.1) is 11.6 Å². The maximum Gasteiger partial charge on any atom is 0.203 e.